The van der Waals surface area contributed by atoms with E-state index in [2.05, 4.69) is 32.1 Å². The SMILES string of the molecule is COC1CN(c2ncnc3c2nnn3C)C(C)(CN)C1. The Labute approximate surface area is 116 Å². The van der Waals surface area contributed by atoms with Crippen molar-refractivity contribution in [3.8, 4) is 0 Å². The van der Waals surface area contributed by atoms with Crippen LogP contribution < -0.4 is 10.6 Å². The van der Waals surface area contributed by atoms with Gasteiger partial charge in [-0.05, 0) is 13.3 Å². The lowest BCUT2D eigenvalue weighted by molar-refractivity contribution is 0.114. The molecule has 0 radical (unpaired) electrons. The number of aryl methyl sites for hydroxylation is 1. The lowest BCUT2D eigenvalue weighted by Crippen LogP contribution is -2.47. The normalized spacial score (nSPS) is 26.6. The fourth-order valence-electron chi connectivity index (χ4n) is 2.82. The van der Waals surface area contributed by atoms with E-state index in [0.717, 1.165) is 24.4 Å². The highest BCUT2D eigenvalue weighted by Gasteiger charge is 2.43. The number of hydrogen-bond donors (Lipinski definition) is 1. The van der Waals surface area contributed by atoms with Gasteiger partial charge in [-0.25, -0.2) is 14.6 Å². The van der Waals surface area contributed by atoms with Gasteiger partial charge in [-0.1, -0.05) is 5.21 Å². The highest BCUT2D eigenvalue weighted by Crippen LogP contribution is 2.35. The molecule has 2 aromatic rings. The quantitative estimate of drug-likeness (QED) is 0.823. The van der Waals surface area contributed by atoms with Gasteiger partial charge >= 0.3 is 0 Å². The van der Waals surface area contributed by atoms with Crippen molar-refractivity contribution < 1.29 is 4.74 Å². The van der Waals surface area contributed by atoms with Crippen molar-refractivity contribution in [2.75, 3.05) is 25.1 Å². The molecule has 20 heavy (non-hydrogen) atoms. The van der Waals surface area contributed by atoms with Crippen molar-refractivity contribution in [1.82, 2.24) is 25.0 Å². The smallest absolute Gasteiger partial charge is 0.183 e. The number of fused-ring (bicyclic) bond motifs is 1. The molecular formula is C12H19N7O. The lowest BCUT2D eigenvalue weighted by atomic mass is 9.98. The molecule has 0 aromatic carbocycles. The van der Waals surface area contributed by atoms with Gasteiger partial charge in [-0.15, -0.1) is 5.10 Å². The Kier molecular flexibility index (Phi) is 3.06. The molecule has 2 N–H and O–H groups in total. The van der Waals surface area contributed by atoms with Gasteiger partial charge in [0, 0.05) is 27.2 Å². The third kappa shape index (κ3) is 1.83. The van der Waals surface area contributed by atoms with Crippen LogP contribution in [-0.2, 0) is 11.8 Å². The van der Waals surface area contributed by atoms with Crippen LogP contribution in [0.1, 0.15) is 13.3 Å². The van der Waals surface area contributed by atoms with E-state index >= 15 is 0 Å². The van der Waals surface area contributed by atoms with Crippen LogP contribution in [0, 0.1) is 0 Å². The van der Waals surface area contributed by atoms with E-state index in [4.69, 9.17) is 10.5 Å². The second-order valence-corrected chi connectivity index (χ2v) is 5.46. The van der Waals surface area contributed by atoms with Crippen molar-refractivity contribution in [3.05, 3.63) is 6.33 Å². The van der Waals surface area contributed by atoms with Crippen LogP contribution in [0.4, 0.5) is 5.82 Å². The predicted octanol–water partition coefficient (Wildman–Crippen LogP) is -0.299. The Hall–Kier alpha value is -1.80. The van der Waals surface area contributed by atoms with Crippen LogP contribution in [0.2, 0.25) is 0 Å². The molecule has 1 aliphatic rings. The summed E-state index contributed by atoms with van der Waals surface area (Å²) >= 11 is 0. The Balaban J connectivity index is 2.10. The summed E-state index contributed by atoms with van der Waals surface area (Å²) in [6.07, 6.45) is 2.55. The fourth-order valence-corrected chi connectivity index (χ4v) is 2.82. The van der Waals surface area contributed by atoms with Crippen molar-refractivity contribution in [2.24, 2.45) is 12.8 Å². The summed E-state index contributed by atoms with van der Waals surface area (Å²) in [5.74, 6) is 0.774. The van der Waals surface area contributed by atoms with E-state index < -0.39 is 0 Å². The zero-order valence-corrected chi connectivity index (χ0v) is 11.9. The summed E-state index contributed by atoms with van der Waals surface area (Å²) in [7, 11) is 3.54. The van der Waals surface area contributed by atoms with Crippen molar-refractivity contribution >= 4 is 17.0 Å². The van der Waals surface area contributed by atoms with Gasteiger partial charge in [0.2, 0.25) is 0 Å². The minimum atomic E-state index is -0.195. The molecule has 3 heterocycles. The maximum atomic E-state index is 5.98. The highest BCUT2D eigenvalue weighted by atomic mass is 16.5. The highest BCUT2D eigenvalue weighted by molar-refractivity contribution is 5.83. The number of hydrogen-bond acceptors (Lipinski definition) is 7. The van der Waals surface area contributed by atoms with Gasteiger partial charge < -0.3 is 15.4 Å². The van der Waals surface area contributed by atoms with Crippen molar-refractivity contribution in [2.45, 2.75) is 25.0 Å². The minimum Gasteiger partial charge on any atom is -0.380 e. The monoisotopic (exact) mass is 277 g/mol. The average molecular weight is 277 g/mol. The largest absolute Gasteiger partial charge is 0.380 e. The maximum absolute atomic E-state index is 5.98. The molecule has 0 bridgehead atoms. The zero-order valence-electron chi connectivity index (χ0n) is 11.9. The number of aromatic nitrogens is 5. The molecule has 0 saturated carbocycles. The zero-order chi connectivity index (χ0) is 14.3. The van der Waals surface area contributed by atoms with Crippen molar-refractivity contribution in [1.29, 1.82) is 0 Å². The molecule has 1 aliphatic heterocycles. The van der Waals surface area contributed by atoms with Gasteiger partial charge in [0.1, 0.15) is 6.33 Å². The molecule has 0 spiro atoms. The van der Waals surface area contributed by atoms with Crippen LogP contribution in [0.15, 0.2) is 6.33 Å². The summed E-state index contributed by atoms with van der Waals surface area (Å²) in [5.41, 5.74) is 7.20. The molecule has 0 aliphatic carbocycles. The summed E-state index contributed by atoms with van der Waals surface area (Å²) in [6, 6.07) is 0. The van der Waals surface area contributed by atoms with Gasteiger partial charge in [0.15, 0.2) is 17.0 Å². The molecule has 8 nitrogen and oxygen atoms in total. The Morgan fingerprint density at radius 2 is 2.30 bits per heavy atom. The number of anilines is 1. The first-order valence-corrected chi connectivity index (χ1v) is 6.60. The predicted molar refractivity (Wildman–Crippen MR) is 74.3 cm³/mol. The van der Waals surface area contributed by atoms with Crippen LogP contribution in [0.5, 0.6) is 0 Å². The van der Waals surface area contributed by atoms with E-state index in [1.54, 1.807) is 11.8 Å². The number of rotatable bonds is 3. The summed E-state index contributed by atoms with van der Waals surface area (Å²) < 4.78 is 7.14. The summed E-state index contributed by atoms with van der Waals surface area (Å²) in [4.78, 5) is 10.8. The van der Waals surface area contributed by atoms with E-state index in [1.165, 1.54) is 6.33 Å². The topological polar surface area (TPSA) is 95.0 Å². The average Bonchev–Trinajstić information content (AvgIpc) is 3.01. The molecule has 2 atom stereocenters. The first-order chi connectivity index (χ1) is 9.59. The van der Waals surface area contributed by atoms with Gasteiger partial charge in [-0.3, -0.25) is 0 Å². The minimum absolute atomic E-state index is 0.144. The third-order valence-electron chi connectivity index (χ3n) is 4.10. The van der Waals surface area contributed by atoms with Gasteiger partial charge in [-0.2, -0.15) is 0 Å². The van der Waals surface area contributed by atoms with E-state index in [0.29, 0.717) is 12.1 Å². The molecule has 3 rings (SSSR count). The second-order valence-electron chi connectivity index (χ2n) is 5.46. The Morgan fingerprint density at radius 1 is 1.50 bits per heavy atom. The molecule has 2 aromatic heterocycles. The molecule has 108 valence electrons. The van der Waals surface area contributed by atoms with Crippen LogP contribution in [0.3, 0.4) is 0 Å². The Bertz CT molecular complexity index is 627. The molecule has 8 heteroatoms. The maximum Gasteiger partial charge on any atom is 0.183 e. The van der Waals surface area contributed by atoms with E-state index in [-0.39, 0.29) is 11.6 Å². The van der Waals surface area contributed by atoms with E-state index in [1.807, 2.05) is 7.05 Å². The number of nitrogens with two attached hydrogens (primary N) is 1. The standard InChI is InChI=1S/C12H19N7O/c1-12(6-13)4-8(20-3)5-19(12)11-9-10(14-7-15-11)18(2)17-16-9/h7-8H,4-6,13H2,1-3H3. The number of ether oxygens (including phenoxy) is 1. The summed E-state index contributed by atoms with van der Waals surface area (Å²) in [5, 5.41) is 8.19. The number of nitrogens with zero attached hydrogens (tertiary/aromatic N) is 6. The Morgan fingerprint density at radius 3 is 3.00 bits per heavy atom. The first kappa shape index (κ1) is 13.2. The fraction of sp³-hybridized carbons (Fsp3) is 0.667. The summed E-state index contributed by atoms with van der Waals surface area (Å²) in [6.45, 7) is 3.39. The van der Waals surface area contributed by atoms with Crippen molar-refractivity contribution in [3.63, 3.8) is 0 Å². The molecule has 1 fully saturated rings. The van der Waals surface area contributed by atoms with Crippen LogP contribution in [-0.4, -0.2) is 56.8 Å². The second kappa shape index (κ2) is 4.64. The molecule has 1 saturated heterocycles. The van der Waals surface area contributed by atoms with E-state index in [9.17, 15) is 0 Å². The molecular weight excluding hydrogens is 258 g/mol. The molecule has 2 unspecified atom stereocenters. The lowest BCUT2D eigenvalue weighted by Gasteiger charge is -2.34. The first-order valence-electron chi connectivity index (χ1n) is 6.60. The third-order valence-corrected chi connectivity index (χ3v) is 4.10. The van der Waals surface area contributed by atoms with Gasteiger partial charge in [0.25, 0.3) is 0 Å². The number of methoxy groups -OCH3 is 1. The van der Waals surface area contributed by atoms with Crippen LogP contribution >= 0.6 is 0 Å². The van der Waals surface area contributed by atoms with Crippen LogP contribution in [0.25, 0.3) is 11.2 Å². The molecule has 0 amide bonds. The van der Waals surface area contributed by atoms with Gasteiger partial charge in [0.05, 0.1) is 11.6 Å².